The van der Waals surface area contributed by atoms with Crippen LogP contribution < -0.4 is 19.3 Å². The summed E-state index contributed by atoms with van der Waals surface area (Å²) in [4.78, 5) is 17.6. The second-order valence-corrected chi connectivity index (χ2v) is 7.14. The maximum absolute atomic E-state index is 13.2. The first-order valence-corrected chi connectivity index (χ1v) is 9.39. The zero-order valence-electron chi connectivity index (χ0n) is 14.7. The predicted octanol–water partition coefficient (Wildman–Crippen LogP) is 3.61. The molecule has 0 saturated carbocycles. The van der Waals surface area contributed by atoms with Gasteiger partial charge in [0.15, 0.2) is 11.5 Å². The van der Waals surface area contributed by atoms with Crippen LogP contribution >= 0.6 is 0 Å². The molecule has 0 aromatic heterocycles. The minimum absolute atomic E-state index is 0.0304. The Morgan fingerprint density at radius 3 is 2.62 bits per heavy atom. The van der Waals surface area contributed by atoms with E-state index in [1.807, 2.05) is 17.0 Å². The molecule has 1 fully saturated rings. The Balaban J connectivity index is 1.48. The van der Waals surface area contributed by atoms with Crippen molar-refractivity contribution in [2.45, 2.75) is 25.7 Å². The lowest BCUT2D eigenvalue weighted by Crippen LogP contribution is -2.35. The molecule has 3 aliphatic rings. The molecular weight excluding hydrogens is 328 g/mol. The van der Waals surface area contributed by atoms with Gasteiger partial charge in [-0.15, -0.1) is 0 Å². The number of benzene rings is 2. The van der Waals surface area contributed by atoms with Crippen molar-refractivity contribution in [3.05, 3.63) is 47.5 Å². The van der Waals surface area contributed by atoms with Crippen LogP contribution in [-0.2, 0) is 6.42 Å². The molecule has 0 unspecified atom stereocenters. The van der Waals surface area contributed by atoms with Crippen LogP contribution in [0.5, 0.6) is 11.5 Å². The van der Waals surface area contributed by atoms with Crippen LogP contribution in [0, 0.1) is 0 Å². The number of amides is 1. The van der Waals surface area contributed by atoms with Gasteiger partial charge in [0.2, 0.25) is 6.79 Å². The number of hydrogen-bond donors (Lipinski definition) is 0. The van der Waals surface area contributed by atoms with E-state index in [9.17, 15) is 4.79 Å². The van der Waals surface area contributed by atoms with E-state index in [1.54, 1.807) is 6.07 Å². The van der Waals surface area contributed by atoms with Gasteiger partial charge in [-0.25, -0.2) is 0 Å². The van der Waals surface area contributed by atoms with E-state index in [0.717, 1.165) is 38.2 Å². The lowest BCUT2D eigenvalue weighted by molar-refractivity contribution is 0.0984. The molecule has 134 valence electrons. The fourth-order valence-corrected chi connectivity index (χ4v) is 4.13. The molecule has 1 saturated heterocycles. The molecule has 5 nitrogen and oxygen atoms in total. The normalized spacial score (nSPS) is 18.2. The number of rotatable bonds is 2. The summed E-state index contributed by atoms with van der Waals surface area (Å²) >= 11 is 0. The quantitative estimate of drug-likeness (QED) is 0.830. The molecule has 0 radical (unpaired) electrons. The fourth-order valence-electron chi connectivity index (χ4n) is 4.13. The van der Waals surface area contributed by atoms with Crippen LogP contribution in [0.4, 0.5) is 11.4 Å². The lowest BCUT2D eigenvalue weighted by atomic mass is 9.99. The third-order valence-corrected chi connectivity index (χ3v) is 5.52. The molecule has 3 heterocycles. The third kappa shape index (κ3) is 2.59. The highest BCUT2D eigenvalue weighted by atomic mass is 16.7. The summed E-state index contributed by atoms with van der Waals surface area (Å²) in [6.07, 6.45) is 4.51. The van der Waals surface area contributed by atoms with Gasteiger partial charge in [0, 0.05) is 36.6 Å². The van der Waals surface area contributed by atoms with E-state index in [0.29, 0.717) is 17.1 Å². The Kier molecular flexibility index (Phi) is 3.73. The molecule has 3 aliphatic heterocycles. The summed E-state index contributed by atoms with van der Waals surface area (Å²) in [5.41, 5.74) is 4.19. The van der Waals surface area contributed by atoms with Crippen molar-refractivity contribution in [3.8, 4) is 11.5 Å². The Morgan fingerprint density at radius 1 is 0.885 bits per heavy atom. The minimum atomic E-state index is 0.0304. The number of ether oxygens (including phenoxy) is 2. The van der Waals surface area contributed by atoms with Crippen LogP contribution in [0.25, 0.3) is 0 Å². The van der Waals surface area contributed by atoms with Gasteiger partial charge in [0.05, 0.1) is 0 Å². The van der Waals surface area contributed by atoms with Crippen molar-refractivity contribution in [1.29, 1.82) is 0 Å². The van der Waals surface area contributed by atoms with Crippen molar-refractivity contribution < 1.29 is 14.3 Å². The average Bonchev–Trinajstić information content (AvgIpc) is 3.37. The Hall–Kier alpha value is -2.69. The van der Waals surface area contributed by atoms with Crippen LogP contribution in [-0.4, -0.2) is 32.3 Å². The second kappa shape index (κ2) is 6.24. The topological polar surface area (TPSA) is 42.0 Å². The third-order valence-electron chi connectivity index (χ3n) is 5.52. The molecule has 1 amide bonds. The number of aryl methyl sites for hydroxylation is 1. The molecule has 5 heteroatoms. The van der Waals surface area contributed by atoms with Gasteiger partial charge in [0.1, 0.15) is 0 Å². The summed E-state index contributed by atoms with van der Waals surface area (Å²) in [5, 5.41) is 0. The van der Waals surface area contributed by atoms with Gasteiger partial charge >= 0.3 is 0 Å². The Morgan fingerprint density at radius 2 is 1.73 bits per heavy atom. The second-order valence-electron chi connectivity index (χ2n) is 7.14. The number of anilines is 2. The highest BCUT2D eigenvalue weighted by Gasteiger charge is 2.26. The molecule has 2 aromatic carbocycles. The predicted molar refractivity (Wildman–Crippen MR) is 100 cm³/mol. The smallest absolute Gasteiger partial charge is 0.258 e. The maximum atomic E-state index is 13.2. The number of fused-ring (bicyclic) bond motifs is 2. The summed E-state index contributed by atoms with van der Waals surface area (Å²) < 4.78 is 10.8. The van der Waals surface area contributed by atoms with Gasteiger partial charge in [-0.1, -0.05) is 6.07 Å². The molecule has 0 bridgehead atoms. The highest BCUT2D eigenvalue weighted by Crippen LogP contribution is 2.36. The molecule has 0 atom stereocenters. The standard InChI is InChI=1S/C21H22N2O3/c24-21(16-6-8-19-20(12-16)26-14-25-19)23-11-3-4-15-5-7-17(13-18(15)23)22-9-1-2-10-22/h5-8,12-13H,1-4,9-11,14H2. The van der Waals surface area contributed by atoms with Crippen LogP contribution in [0.2, 0.25) is 0 Å². The van der Waals surface area contributed by atoms with Crippen molar-refractivity contribution in [1.82, 2.24) is 0 Å². The first-order chi connectivity index (χ1) is 12.8. The fraction of sp³-hybridized carbons (Fsp3) is 0.381. The van der Waals surface area contributed by atoms with Gasteiger partial charge in [-0.2, -0.15) is 0 Å². The molecule has 0 spiro atoms. The maximum Gasteiger partial charge on any atom is 0.258 e. The van der Waals surface area contributed by atoms with E-state index in [4.69, 9.17) is 9.47 Å². The van der Waals surface area contributed by atoms with Crippen LogP contribution in [0.1, 0.15) is 35.2 Å². The molecule has 0 N–H and O–H groups in total. The van der Waals surface area contributed by atoms with E-state index in [2.05, 4.69) is 23.1 Å². The Bertz CT molecular complexity index is 858. The van der Waals surface area contributed by atoms with Crippen molar-refractivity contribution >= 4 is 17.3 Å². The SMILES string of the molecule is O=C(c1ccc2c(c1)OCO2)N1CCCc2ccc(N3CCCC3)cc21. The van der Waals surface area contributed by atoms with Gasteiger partial charge in [-0.05, 0) is 61.6 Å². The molecule has 5 rings (SSSR count). The first-order valence-electron chi connectivity index (χ1n) is 9.39. The van der Waals surface area contributed by atoms with Crippen LogP contribution in [0.3, 0.4) is 0 Å². The minimum Gasteiger partial charge on any atom is -0.454 e. The average molecular weight is 350 g/mol. The monoisotopic (exact) mass is 350 g/mol. The van der Waals surface area contributed by atoms with Crippen molar-refractivity contribution in [3.63, 3.8) is 0 Å². The highest BCUT2D eigenvalue weighted by molar-refractivity contribution is 6.07. The van der Waals surface area contributed by atoms with Gasteiger partial charge in [0.25, 0.3) is 5.91 Å². The Labute approximate surface area is 153 Å². The number of carbonyl (C=O) groups excluding carboxylic acids is 1. The van der Waals surface area contributed by atoms with Gasteiger partial charge in [-0.3, -0.25) is 4.79 Å². The van der Waals surface area contributed by atoms with E-state index in [1.165, 1.54) is 24.1 Å². The lowest BCUT2D eigenvalue weighted by Gasteiger charge is -2.31. The number of hydrogen-bond acceptors (Lipinski definition) is 4. The van der Waals surface area contributed by atoms with Crippen molar-refractivity contribution in [2.75, 3.05) is 36.2 Å². The largest absolute Gasteiger partial charge is 0.454 e. The summed E-state index contributed by atoms with van der Waals surface area (Å²) in [6.45, 7) is 3.19. The molecule has 0 aliphatic carbocycles. The number of carbonyl (C=O) groups is 1. The summed E-state index contributed by atoms with van der Waals surface area (Å²) in [6, 6.07) is 12.0. The first kappa shape index (κ1) is 15.6. The number of nitrogens with zero attached hydrogens (tertiary/aromatic N) is 2. The van der Waals surface area contributed by atoms with Crippen molar-refractivity contribution in [2.24, 2.45) is 0 Å². The molecular formula is C21H22N2O3. The van der Waals surface area contributed by atoms with Gasteiger partial charge < -0.3 is 19.3 Å². The molecule has 2 aromatic rings. The van der Waals surface area contributed by atoms with E-state index in [-0.39, 0.29) is 12.7 Å². The zero-order chi connectivity index (χ0) is 17.5. The molecule has 26 heavy (non-hydrogen) atoms. The van der Waals surface area contributed by atoms with Crippen LogP contribution in [0.15, 0.2) is 36.4 Å². The summed E-state index contributed by atoms with van der Waals surface area (Å²) in [7, 11) is 0. The zero-order valence-corrected chi connectivity index (χ0v) is 14.7. The van der Waals surface area contributed by atoms with E-state index >= 15 is 0 Å². The summed E-state index contributed by atoms with van der Waals surface area (Å²) in [5.74, 6) is 1.39. The van der Waals surface area contributed by atoms with E-state index < -0.39 is 0 Å².